The molecule has 19 heavy (non-hydrogen) atoms. The molecule has 0 aliphatic rings. The van der Waals surface area contributed by atoms with E-state index in [-0.39, 0.29) is 0 Å². The zero-order chi connectivity index (χ0) is 13.7. The lowest BCUT2D eigenvalue weighted by molar-refractivity contribution is 0.667. The number of benzene rings is 1. The molecule has 1 nitrogen and oxygen atoms in total. The molecule has 0 unspecified atom stereocenters. The lowest BCUT2D eigenvalue weighted by Crippen LogP contribution is -1.87. The predicted octanol–water partition coefficient (Wildman–Crippen LogP) is 5.43. The van der Waals surface area contributed by atoms with Gasteiger partial charge in [-0.15, -0.1) is 11.3 Å². The lowest BCUT2D eigenvalue weighted by atomic mass is 10.0. The fraction of sp³-hybridized carbons (Fsp3) is 0.412. The molecule has 1 heterocycles. The largest absolute Gasteiger partial charge is 0.390 e. The van der Waals surface area contributed by atoms with Crippen LogP contribution in [-0.4, -0.2) is 0 Å². The Morgan fingerprint density at radius 3 is 2.37 bits per heavy atom. The Bertz CT molecular complexity index is 511. The minimum absolute atomic E-state index is 0.924. The summed E-state index contributed by atoms with van der Waals surface area (Å²) in [5.41, 5.74) is 9.89. The first-order valence-corrected chi connectivity index (χ1v) is 7.97. The first-order chi connectivity index (χ1) is 9.20. The summed E-state index contributed by atoms with van der Waals surface area (Å²) in [4.78, 5) is 1.27. The van der Waals surface area contributed by atoms with E-state index in [1.54, 1.807) is 11.3 Å². The van der Waals surface area contributed by atoms with Gasteiger partial charge in [0.15, 0.2) is 0 Å². The van der Waals surface area contributed by atoms with Crippen LogP contribution in [0, 0.1) is 6.92 Å². The van der Waals surface area contributed by atoms with Gasteiger partial charge < -0.3 is 5.73 Å². The van der Waals surface area contributed by atoms with Crippen LogP contribution in [0.4, 0.5) is 5.00 Å². The predicted molar refractivity (Wildman–Crippen MR) is 86.8 cm³/mol. The average molecular weight is 273 g/mol. The van der Waals surface area contributed by atoms with Crippen molar-refractivity contribution in [2.45, 2.75) is 46.0 Å². The zero-order valence-corrected chi connectivity index (χ0v) is 12.7. The highest BCUT2D eigenvalue weighted by Gasteiger charge is 2.06. The van der Waals surface area contributed by atoms with Crippen molar-refractivity contribution in [1.82, 2.24) is 0 Å². The second-order valence-electron chi connectivity index (χ2n) is 5.14. The molecule has 0 atom stereocenters. The van der Waals surface area contributed by atoms with Gasteiger partial charge in [0.2, 0.25) is 0 Å². The SMILES string of the molecule is CCCCCCc1ccc(-c2cc(C)sc2N)cc1. The number of nitrogen functional groups attached to an aromatic ring is 1. The van der Waals surface area contributed by atoms with Crippen molar-refractivity contribution < 1.29 is 0 Å². The first-order valence-electron chi connectivity index (χ1n) is 7.16. The van der Waals surface area contributed by atoms with Crippen LogP contribution in [0.25, 0.3) is 11.1 Å². The topological polar surface area (TPSA) is 26.0 Å². The standard InChI is InChI=1S/C17H23NS/c1-3-4-5-6-7-14-8-10-15(11-9-14)16-12-13(2)19-17(16)18/h8-12H,3-7,18H2,1-2H3. The third-order valence-corrected chi connectivity index (χ3v) is 4.35. The molecule has 0 spiro atoms. The Labute approximate surface area is 120 Å². The van der Waals surface area contributed by atoms with E-state index in [1.807, 2.05) is 0 Å². The van der Waals surface area contributed by atoms with E-state index in [9.17, 15) is 0 Å². The van der Waals surface area contributed by atoms with Crippen molar-refractivity contribution in [1.29, 1.82) is 0 Å². The van der Waals surface area contributed by atoms with Crippen LogP contribution in [0.15, 0.2) is 30.3 Å². The average Bonchev–Trinajstić information content (AvgIpc) is 2.75. The van der Waals surface area contributed by atoms with Gasteiger partial charge in [0.05, 0.1) is 5.00 Å². The van der Waals surface area contributed by atoms with Gasteiger partial charge in [-0.05, 0) is 37.0 Å². The quantitative estimate of drug-likeness (QED) is 0.698. The molecular weight excluding hydrogens is 250 g/mol. The Hall–Kier alpha value is -1.28. The van der Waals surface area contributed by atoms with Crippen molar-refractivity contribution in [2.75, 3.05) is 5.73 Å². The number of thiophene rings is 1. The molecule has 2 heteroatoms. The fourth-order valence-electron chi connectivity index (χ4n) is 2.36. The maximum Gasteiger partial charge on any atom is 0.0938 e. The first kappa shape index (κ1) is 14.1. The molecule has 2 aromatic rings. The minimum atomic E-state index is 0.924. The van der Waals surface area contributed by atoms with E-state index in [2.05, 4.69) is 44.2 Å². The summed E-state index contributed by atoms with van der Waals surface area (Å²) in [5.74, 6) is 0. The molecule has 0 bridgehead atoms. The fourth-order valence-corrected chi connectivity index (χ4v) is 3.18. The van der Waals surface area contributed by atoms with Gasteiger partial charge in [-0.25, -0.2) is 0 Å². The molecule has 2 N–H and O–H groups in total. The van der Waals surface area contributed by atoms with Crippen molar-refractivity contribution in [3.8, 4) is 11.1 Å². The van der Waals surface area contributed by atoms with E-state index in [4.69, 9.17) is 5.73 Å². The van der Waals surface area contributed by atoms with Crippen LogP contribution in [0.3, 0.4) is 0 Å². The molecule has 0 radical (unpaired) electrons. The monoisotopic (exact) mass is 273 g/mol. The van der Waals surface area contributed by atoms with Crippen LogP contribution < -0.4 is 5.73 Å². The van der Waals surface area contributed by atoms with Gasteiger partial charge >= 0.3 is 0 Å². The minimum Gasteiger partial charge on any atom is -0.390 e. The molecule has 0 aliphatic carbocycles. The Balaban J connectivity index is 2.00. The zero-order valence-electron chi connectivity index (χ0n) is 11.9. The Kier molecular flexibility index (Phi) is 5.03. The summed E-state index contributed by atoms with van der Waals surface area (Å²) in [5, 5.41) is 0.924. The number of hydrogen-bond donors (Lipinski definition) is 1. The van der Waals surface area contributed by atoms with Gasteiger partial charge in [-0.1, -0.05) is 50.5 Å². The van der Waals surface area contributed by atoms with Crippen LogP contribution in [0.1, 0.15) is 43.0 Å². The second kappa shape index (κ2) is 6.76. The van der Waals surface area contributed by atoms with E-state index < -0.39 is 0 Å². The highest BCUT2D eigenvalue weighted by Crippen LogP contribution is 2.33. The van der Waals surface area contributed by atoms with E-state index in [0.717, 1.165) is 5.00 Å². The van der Waals surface area contributed by atoms with Crippen molar-refractivity contribution in [2.24, 2.45) is 0 Å². The number of rotatable bonds is 6. The molecule has 0 amide bonds. The number of hydrogen-bond acceptors (Lipinski definition) is 2. The number of nitrogens with two attached hydrogens (primary N) is 1. The summed E-state index contributed by atoms with van der Waals surface area (Å²) in [6.45, 7) is 4.36. The summed E-state index contributed by atoms with van der Waals surface area (Å²) in [6.07, 6.45) is 6.48. The molecule has 0 saturated carbocycles. The number of aryl methyl sites for hydroxylation is 2. The normalized spacial score (nSPS) is 10.8. The molecule has 2 rings (SSSR count). The Morgan fingerprint density at radius 2 is 1.79 bits per heavy atom. The molecular formula is C17H23NS. The van der Waals surface area contributed by atoms with Crippen molar-refractivity contribution in [3.05, 3.63) is 40.8 Å². The number of unbranched alkanes of at least 4 members (excludes halogenated alkanes) is 3. The van der Waals surface area contributed by atoms with E-state index in [0.29, 0.717) is 0 Å². The number of anilines is 1. The van der Waals surface area contributed by atoms with Gasteiger partial charge in [0.1, 0.15) is 0 Å². The van der Waals surface area contributed by atoms with Crippen LogP contribution >= 0.6 is 11.3 Å². The molecule has 0 aliphatic heterocycles. The third kappa shape index (κ3) is 3.84. The van der Waals surface area contributed by atoms with Crippen molar-refractivity contribution in [3.63, 3.8) is 0 Å². The van der Waals surface area contributed by atoms with Crippen molar-refractivity contribution >= 4 is 16.3 Å². The second-order valence-corrected chi connectivity index (χ2v) is 6.43. The lowest BCUT2D eigenvalue weighted by Gasteiger charge is -2.04. The summed E-state index contributed by atoms with van der Waals surface area (Å²) in [7, 11) is 0. The Morgan fingerprint density at radius 1 is 1.05 bits per heavy atom. The van der Waals surface area contributed by atoms with E-state index in [1.165, 1.54) is 53.7 Å². The maximum atomic E-state index is 6.04. The molecule has 102 valence electrons. The van der Waals surface area contributed by atoms with Crippen LogP contribution in [0.5, 0.6) is 0 Å². The highest BCUT2D eigenvalue weighted by molar-refractivity contribution is 7.16. The van der Waals surface area contributed by atoms with Crippen LogP contribution in [-0.2, 0) is 6.42 Å². The summed E-state index contributed by atoms with van der Waals surface area (Å²) in [6, 6.07) is 11.1. The smallest absolute Gasteiger partial charge is 0.0938 e. The molecule has 1 aromatic carbocycles. The summed E-state index contributed by atoms with van der Waals surface area (Å²) < 4.78 is 0. The third-order valence-electron chi connectivity index (χ3n) is 3.47. The maximum absolute atomic E-state index is 6.04. The van der Waals surface area contributed by atoms with Gasteiger partial charge in [-0.2, -0.15) is 0 Å². The molecule has 1 aromatic heterocycles. The van der Waals surface area contributed by atoms with E-state index >= 15 is 0 Å². The van der Waals surface area contributed by atoms with Gasteiger partial charge in [0.25, 0.3) is 0 Å². The van der Waals surface area contributed by atoms with Gasteiger partial charge in [-0.3, -0.25) is 0 Å². The highest BCUT2D eigenvalue weighted by atomic mass is 32.1. The molecule has 0 fully saturated rings. The van der Waals surface area contributed by atoms with Gasteiger partial charge in [0, 0.05) is 10.4 Å². The van der Waals surface area contributed by atoms with Crippen LogP contribution in [0.2, 0.25) is 0 Å². The molecule has 0 saturated heterocycles. The summed E-state index contributed by atoms with van der Waals surface area (Å²) >= 11 is 1.67.